The van der Waals surface area contributed by atoms with Gasteiger partial charge in [-0.3, -0.25) is 0 Å². The van der Waals surface area contributed by atoms with E-state index in [1.165, 1.54) is 12.8 Å². The molecule has 1 aromatic carbocycles. The quantitative estimate of drug-likeness (QED) is 0.816. The van der Waals surface area contributed by atoms with E-state index in [1.54, 1.807) is 6.07 Å². The van der Waals surface area contributed by atoms with Crippen LogP contribution in [0.3, 0.4) is 0 Å². The molecule has 1 saturated heterocycles. The van der Waals surface area contributed by atoms with Crippen LogP contribution in [0.4, 0.5) is 5.69 Å². The van der Waals surface area contributed by atoms with E-state index in [-0.39, 0.29) is 0 Å². The Kier molecular flexibility index (Phi) is 4.51. The standard InChI is InChI=1S/C15H20N2O2/c1-3-18-14-9-12(11-16)13(10-15(14)19-4-2)17-7-5-6-8-17/h9-10H,3-8H2,1-2H3. The van der Waals surface area contributed by atoms with Crippen LogP contribution in [0.2, 0.25) is 0 Å². The molecule has 2 rings (SSSR count). The maximum absolute atomic E-state index is 9.32. The van der Waals surface area contributed by atoms with Crippen LogP contribution in [0.5, 0.6) is 11.5 Å². The van der Waals surface area contributed by atoms with Gasteiger partial charge in [0.2, 0.25) is 0 Å². The number of rotatable bonds is 5. The molecule has 1 fully saturated rings. The summed E-state index contributed by atoms with van der Waals surface area (Å²) in [6.45, 7) is 7.04. The van der Waals surface area contributed by atoms with Crippen LogP contribution in [0, 0.1) is 11.3 Å². The molecule has 1 heterocycles. The van der Waals surface area contributed by atoms with Crippen LogP contribution in [-0.2, 0) is 0 Å². The Labute approximate surface area is 114 Å². The molecular weight excluding hydrogens is 240 g/mol. The van der Waals surface area contributed by atoms with Crippen molar-refractivity contribution in [1.29, 1.82) is 5.26 Å². The van der Waals surface area contributed by atoms with Crippen molar-refractivity contribution >= 4 is 5.69 Å². The molecule has 0 unspecified atom stereocenters. The number of ether oxygens (including phenoxy) is 2. The Bertz CT molecular complexity index is 474. The maximum Gasteiger partial charge on any atom is 0.163 e. The third-order valence-corrected chi connectivity index (χ3v) is 3.23. The van der Waals surface area contributed by atoms with Crippen molar-refractivity contribution in [3.8, 4) is 17.6 Å². The largest absolute Gasteiger partial charge is 0.490 e. The number of benzene rings is 1. The highest BCUT2D eigenvalue weighted by atomic mass is 16.5. The van der Waals surface area contributed by atoms with Gasteiger partial charge < -0.3 is 14.4 Å². The van der Waals surface area contributed by atoms with Crippen molar-refractivity contribution < 1.29 is 9.47 Å². The Morgan fingerprint density at radius 2 is 1.68 bits per heavy atom. The second-order valence-electron chi connectivity index (χ2n) is 4.49. The summed E-state index contributed by atoms with van der Waals surface area (Å²) in [6.07, 6.45) is 2.37. The van der Waals surface area contributed by atoms with Gasteiger partial charge >= 0.3 is 0 Å². The van der Waals surface area contributed by atoms with E-state index in [2.05, 4.69) is 11.0 Å². The topological polar surface area (TPSA) is 45.5 Å². The molecule has 4 nitrogen and oxygen atoms in total. The molecule has 0 N–H and O–H groups in total. The number of hydrogen-bond acceptors (Lipinski definition) is 4. The predicted octanol–water partition coefficient (Wildman–Crippen LogP) is 2.96. The summed E-state index contributed by atoms with van der Waals surface area (Å²) in [5.74, 6) is 1.38. The van der Waals surface area contributed by atoms with Crippen molar-refractivity contribution in [1.82, 2.24) is 0 Å². The first-order chi connectivity index (χ1) is 9.30. The molecule has 0 atom stereocenters. The summed E-state index contributed by atoms with van der Waals surface area (Å²) >= 11 is 0. The molecular formula is C15H20N2O2. The second-order valence-corrected chi connectivity index (χ2v) is 4.49. The Morgan fingerprint density at radius 3 is 2.21 bits per heavy atom. The number of hydrogen-bond donors (Lipinski definition) is 0. The van der Waals surface area contributed by atoms with Gasteiger partial charge in [-0.05, 0) is 26.7 Å². The van der Waals surface area contributed by atoms with Gasteiger partial charge in [0, 0.05) is 25.2 Å². The van der Waals surface area contributed by atoms with Gasteiger partial charge in [-0.1, -0.05) is 0 Å². The molecule has 0 bridgehead atoms. The average molecular weight is 260 g/mol. The first kappa shape index (κ1) is 13.5. The number of nitriles is 1. The summed E-state index contributed by atoms with van der Waals surface area (Å²) in [4.78, 5) is 2.25. The van der Waals surface area contributed by atoms with Crippen LogP contribution < -0.4 is 14.4 Å². The third-order valence-electron chi connectivity index (χ3n) is 3.23. The molecule has 1 aliphatic heterocycles. The summed E-state index contributed by atoms with van der Waals surface area (Å²) in [6, 6.07) is 6.00. The zero-order valence-corrected chi connectivity index (χ0v) is 11.6. The van der Waals surface area contributed by atoms with Gasteiger partial charge in [-0.2, -0.15) is 5.26 Å². The number of anilines is 1. The summed E-state index contributed by atoms with van der Waals surface area (Å²) in [7, 11) is 0. The van der Waals surface area contributed by atoms with Crippen LogP contribution in [0.1, 0.15) is 32.3 Å². The first-order valence-corrected chi connectivity index (χ1v) is 6.88. The zero-order valence-electron chi connectivity index (χ0n) is 11.6. The van der Waals surface area contributed by atoms with E-state index in [1.807, 2.05) is 19.9 Å². The molecule has 0 aliphatic carbocycles. The SMILES string of the molecule is CCOc1cc(C#N)c(N2CCCC2)cc1OCC. The molecule has 0 amide bonds. The fourth-order valence-corrected chi connectivity index (χ4v) is 2.40. The first-order valence-electron chi connectivity index (χ1n) is 6.88. The molecule has 1 aromatic rings. The molecule has 0 aromatic heterocycles. The van der Waals surface area contributed by atoms with Crippen LogP contribution in [0.15, 0.2) is 12.1 Å². The fraction of sp³-hybridized carbons (Fsp3) is 0.533. The lowest BCUT2D eigenvalue weighted by molar-refractivity contribution is 0.288. The molecule has 4 heteroatoms. The maximum atomic E-state index is 9.32. The van der Waals surface area contributed by atoms with Gasteiger partial charge in [0.15, 0.2) is 11.5 Å². The minimum absolute atomic E-state index is 0.563. The highest BCUT2D eigenvalue weighted by Gasteiger charge is 2.19. The van der Waals surface area contributed by atoms with Crippen LogP contribution >= 0.6 is 0 Å². The van der Waals surface area contributed by atoms with E-state index in [9.17, 15) is 5.26 Å². The van der Waals surface area contributed by atoms with Gasteiger partial charge in [0.05, 0.1) is 24.5 Å². The number of nitrogens with zero attached hydrogens (tertiary/aromatic N) is 2. The van der Waals surface area contributed by atoms with Gasteiger partial charge in [0.1, 0.15) is 6.07 Å². The minimum Gasteiger partial charge on any atom is -0.490 e. The Balaban J connectivity index is 2.41. The highest BCUT2D eigenvalue weighted by Crippen LogP contribution is 2.36. The van der Waals surface area contributed by atoms with Crippen molar-refractivity contribution in [3.05, 3.63) is 17.7 Å². The van der Waals surface area contributed by atoms with Gasteiger partial charge in [0.25, 0.3) is 0 Å². The normalized spacial score (nSPS) is 14.3. The van der Waals surface area contributed by atoms with Gasteiger partial charge in [-0.15, -0.1) is 0 Å². The van der Waals surface area contributed by atoms with E-state index in [0.29, 0.717) is 24.5 Å². The molecule has 19 heavy (non-hydrogen) atoms. The van der Waals surface area contributed by atoms with Crippen molar-refractivity contribution in [2.75, 3.05) is 31.2 Å². The average Bonchev–Trinajstić information content (AvgIpc) is 2.94. The van der Waals surface area contributed by atoms with Crippen molar-refractivity contribution in [2.24, 2.45) is 0 Å². The summed E-state index contributed by atoms with van der Waals surface area (Å²) in [5.41, 5.74) is 1.63. The minimum atomic E-state index is 0.563. The molecule has 102 valence electrons. The molecule has 0 radical (unpaired) electrons. The van der Waals surface area contributed by atoms with Crippen molar-refractivity contribution in [3.63, 3.8) is 0 Å². The lowest BCUT2D eigenvalue weighted by Gasteiger charge is -2.21. The second kappa shape index (κ2) is 6.33. The monoisotopic (exact) mass is 260 g/mol. The summed E-state index contributed by atoms with van der Waals surface area (Å²) < 4.78 is 11.2. The van der Waals surface area contributed by atoms with Crippen LogP contribution in [0.25, 0.3) is 0 Å². The predicted molar refractivity (Wildman–Crippen MR) is 74.9 cm³/mol. The van der Waals surface area contributed by atoms with Gasteiger partial charge in [-0.25, -0.2) is 0 Å². The van der Waals surface area contributed by atoms with Crippen LogP contribution in [-0.4, -0.2) is 26.3 Å². The lowest BCUT2D eigenvalue weighted by atomic mass is 10.1. The molecule has 1 aliphatic rings. The zero-order chi connectivity index (χ0) is 13.7. The lowest BCUT2D eigenvalue weighted by Crippen LogP contribution is -2.19. The van der Waals surface area contributed by atoms with E-state index in [0.717, 1.165) is 24.5 Å². The fourth-order valence-electron chi connectivity index (χ4n) is 2.40. The summed E-state index contributed by atoms with van der Waals surface area (Å²) in [5, 5.41) is 9.32. The van der Waals surface area contributed by atoms with E-state index in [4.69, 9.17) is 9.47 Å². The molecule has 0 saturated carbocycles. The van der Waals surface area contributed by atoms with E-state index >= 15 is 0 Å². The Hall–Kier alpha value is -1.89. The van der Waals surface area contributed by atoms with Crippen molar-refractivity contribution in [2.45, 2.75) is 26.7 Å². The Morgan fingerprint density at radius 1 is 1.11 bits per heavy atom. The molecule has 0 spiro atoms. The van der Waals surface area contributed by atoms with E-state index < -0.39 is 0 Å². The highest BCUT2D eigenvalue weighted by molar-refractivity contribution is 5.66. The smallest absolute Gasteiger partial charge is 0.163 e. The third kappa shape index (κ3) is 2.93.